The van der Waals surface area contributed by atoms with Gasteiger partial charge in [0.1, 0.15) is 0 Å². The Morgan fingerprint density at radius 1 is 1.13 bits per heavy atom. The Balaban J connectivity index is 1.41. The van der Waals surface area contributed by atoms with Gasteiger partial charge in [-0.1, -0.05) is 47.6 Å². The number of carbonyl (C=O) groups is 2. The molecule has 1 N–H and O–H groups in total. The van der Waals surface area contributed by atoms with Crippen molar-refractivity contribution in [2.45, 2.75) is 24.4 Å². The Labute approximate surface area is 188 Å². The zero-order valence-electron chi connectivity index (χ0n) is 16.7. The summed E-state index contributed by atoms with van der Waals surface area (Å²) in [7, 11) is 0. The first-order chi connectivity index (χ1) is 15.1. The number of thioether (sulfide) groups is 1. The minimum atomic E-state index is -0.0451. The summed E-state index contributed by atoms with van der Waals surface area (Å²) in [5.41, 5.74) is 3.00. The fourth-order valence-corrected chi connectivity index (χ4v) is 4.98. The standard InChI is InChI=1S/C22H20ClN5O2S/c23-16-5-1-2-6-18(16)28-21(27-9-3-4-10-27)25-26-22(28)31-13-19(29)15-8-7-14-12-20(30)24-17(14)11-15/h1-2,5-8,11H,3-4,9-10,12-13H2,(H,24,30). The lowest BCUT2D eigenvalue weighted by molar-refractivity contribution is -0.115. The molecule has 2 aliphatic rings. The quantitative estimate of drug-likeness (QED) is 0.449. The molecule has 31 heavy (non-hydrogen) atoms. The highest BCUT2D eigenvalue weighted by molar-refractivity contribution is 7.99. The lowest BCUT2D eigenvalue weighted by Crippen LogP contribution is -2.22. The van der Waals surface area contributed by atoms with E-state index in [0.717, 1.165) is 48.8 Å². The van der Waals surface area contributed by atoms with Crippen molar-refractivity contribution < 1.29 is 9.59 Å². The van der Waals surface area contributed by atoms with Gasteiger partial charge in [-0.15, -0.1) is 10.2 Å². The van der Waals surface area contributed by atoms with E-state index < -0.39 is 0 Å². The number of nitrogens with one attached hydrogen (secondary N) is 1. The summed E-state index contributed by atoms with van der Waals surface area (Å²) in [6.07, 6.45) is 2.59. The van der Waals surface area contributed by atoms with Crippen molar-refractivity contribution in [1.82, 2.24) is 14.8 Å². The van der Waals surface area contributed by atoms with Crippen molar-refractivity contribution >= 4 is 46.7 Å². The lowest BCUT2D eigenvalue weighted by atomic mass is 10.1. The number of amides is 1. The van der Waals surface area contributed by atoms with Crippen LogP contribution in [0.25, 0.3) is 5.69 Å². The number of Topliss-reactive ketones (excluding diaryl/α,β-unsaturated/α-hetero) is 1. The summed E-state index contributed by atoms with van der Waals surface area (Å²) in [6, 6.07) is 12.9. The highest BCUT2D eigenvalue weighted by Gasteiger charge is 2.24. The first-order valence-electron chi connectivity index (χ1n) is 10.1. The number of anilines is 2. The predicted octanol–water partition coefficient (Wildman–Crippen LogP) is 3.99. The average Bonchev–Trinajstić information content (AvgIpc) is 3.50. The van der Waals surface area contributed by atoms with E-state index in [4.69, 9.17) is 11.6 Å². The Bertz CT molecular complexity index is 1170. The molecule has 1 saturated heterocycles. The van der Waals surface area contributed by atoms with E-state index in [1.807, 2.05) is 34.9 Å². The second-order valence-corrected chi connectivity index (χ2v) is 8.92. The molecule has 0 atom stereocenters. The number of ketones is 1. The molecule has 1 fully saturated rings. The molecular weight excluding hydrogens is 434 g/mol. The van der Waals surface area contributed by atoms with E-state index in [-0.39, 0.29) is 17.4 Å². The van der Waals surface area contributed by atoms with Gasteiger partial charge < -0.3 is 10.2 Å². The molecule has 3 heterocycles. The van der Waals surface area contributed by atoms with Crippen molar-refractivity contribution in [1.29, 1.82) is 0 Å². The molecule has 2 aromatic carbocycles. The van der Waals surface area contributed by atoms with Gasteiger partial charge in [0.15, 0.2) is 10.9 Å². The number of rotatable bonds is 6. The molecule has 0 saturated carbocycles. The zero-order valence-corrected chi connectivity index (χ0v) is 18.2. The first-order valence-corrected chi connectivity index (χ1v) is 11.5. The molecule has 158 valence electrons. The maximum absolute atomic E-state index is 12.8. The van der Waals surface area contributed by atoms with Crippen molar-refractivity contribution in [2.75, 3.05) is 29.1 Å². The summed E-state index contributed by atoms with van der Waals surface area (Å²) in [5, 5.41) is 12.8. The van der Waals surface area contributed by atoms with Crippen LogP contribution in [0.2, 0.25) is 5.02 Å². The fraction of sp³-hybridized carbons (Fsp3) is 0.273. The molecule has 1 amide bonds. The number of para-hydroxylation sites is 1. The number of hydrogen-bond donors (Lipinski definition) is 1. The van der Waals surface area contributed by atoms with Gasteiger partial charge in [-0.2, -0.15) is 0 Å². The lowest BCUT2D eigenvalue weighted by Gasteiger charge is -2.19. The van der Waals surface area contributed by atoms with Crippen molar-refractivity contribution in [3.8, 4) is 5.69 Å². The minimum absolute atomic E-state index is 0.0367. The van der Waals surface area contributed by atoms with Gasteiger partial charge >= 0.3 is 0 Å². The molecule has 5 rings (SSSR count). The Morgan fingerprint density at radius 3 is 2.74 bits per heavy atom. The monoisotopic (exact) mass is 453 g/mol. The molecule has 0 spiro atoms. The van der Waals surface area contributed by atoms with E-state index in [0.29, 0.717) is 22.2 Å². The van der Waals surface area contributed by atoms with Gasteiger partial charge in [-0.05, 0) is 36.6 Å². The van der Waals surface area contributed by atoms with Gasteiger partial charge in [-0.3, -0.25) is 14.2 Å². The van der Waals surface area contributed by atoms with Crippen LogP contribution in [0.4, 0.5) is 11.6 Å². The molecule has 1 aromatic heterocycles. The largest absolute Gasteiger partial charge is 0.341 e. The number of aromatic nitrogens is 3. The second kappa shape index (κ2) is 8.36. The fourth-order valence-electron chi connectivity index (χ4n) is 3.92. The third-order valence-electron chi connectivity index (χ3n) is 5.49. The van der Waals surface area contributed by atoms with Gasteiger partial charge in [0.2, 0.25) is 11.9 Å². The molecule has 9 heteroatoms. The summed E-state index contributed by atoms with van der Waals surface area (Å²) in [6.45, 7) is 1.85. The van der Waals surface area contributed by atoms with Gasteiger partial charge in [0.25, 0.3) is 0 Å². The molecule has 7 nitrogen and oxygen atoms in total. The maximum Gasteiger partial charge on any atom is 0.232 e. The number of fused-ring (bicyclic) bond motifs is 1. The number of carbonyl (C=O) groups excluding carboxylic acids is 2. The van der Waals surface area contributed by atoms with Crippen molar-refractivity contribution in [3.05, 3.63) is 58.6 Å². The Hall–Kier alpha value is -2.84. The van der Waals surface area contributed by atoms with Crippen LogP contribution in [0.15, 0.2) is 47.6 Å². The van der Waals surface area contributed by atoms with Crippen LogP contribution in [-0.2, 0) is 11.2 Å². The molecule has 0 unspecified atom stereocenters. The van der Waals surface area contributed by atoms with Crippen LogP contribution >= 0.6 is 23.4 Å². The normalized spacial score (nSPS) is 15.3. The van der Waals surface area contributed by atoms with E-state index in [1.54, 1.807) is 12.1 Å². The predicted molar refractivity (Wildman–Crippen MR) is 122 cm³/mol. The average molecular weight is 454 g/mol. The smallest absolute Gasteiger partial charge is 0.232 e. The van der Waals surface area contributed by atoms with Crippen LogP contribution in [0.1, 0.15) is 28.8 Å². The number of benzene rings is 2. The van der Waals surface area contributed by atoms with Crippen LogP contribution in [-0.4, -0.2) is 45.3 Å². The highest BCUT2D eigenvalue weighted by atomic mass is 35.5. The van der Waals surface area contributed by atoms with E-state index in [1.165, 1.54) is 11.8 Å². The summed E-state index contributed by atoms with van der Waals surface area (Å²) >= 11 is 7.82. The Morgan fingerprint density at radius 2 is 1.94 bits per heavy atom. The van der Waals surface area contributed by atoms with Crippen molar-refractivity contribution in [2.24, 2.45) is 0 Å². The minimum Gasteiger partial charge on any atom is -0.341 e. The van der Waals surface area contributed by atoms with E-state index in [9.17, 15) is 9.59 Å². The topological polar surface area (TPSA) is 80.1 Å². The SMILES string of the molecule is O=C1Cc2ccc(C(=O)CSc3nnc(N4CCCC4)n3-c3ccccc3Cl)cc2N1. The van der Waals surface area contributed by atoms with Crippen LogP contribution in [0.5, 0.6) is 0 Å². The summed E-state index contributed by atoms with van der Waals surface area (Å²) in [4.78, 5) is 26.6. The van der Waals surface area contributed by atoms with E-state index >= 15 is 0 Å². The summed E-state index contributed by atoms with van der Waals surface area (Å²) in [5.74, 6) is 0.873. The number of nitrogens with zero attached hydrogens (tertiary/aromatic N) is 4. The van der Waals surface area contributed by atoms with Crippen LogP contribution in [0, 0.1) is 0 Å². The molecule has 0 aliphatic carbocycles. The maximum atomic E-state index is 12.8. The third-order valence-corrected chi connectivity index (χ3v) is 6.74. The highest BCUT2D eigenvalue weighted by Crippen LogP contribution is 2.32. The second-order valence-electron chi connectivity index (χ2n) is 7.57. The molecule has 0 radical (unpaired) electrons. The zero-order chi connectivity index (χ0) is 21.4. The first kappa shape index (κ1) is 20.1. The van der Waals surface area contributed by atoms with Crippen molar-refractivity contribution in [3.63, 3.8) is 0 Å². The van der Waals surface area contributed by atoms with Gasteiger partial charge in [0, 0.05) is 24.3 Å². The molecule has 3 aromatic rings. The summed E-state index contributed by atoms with van der Waals surface area (Å²) < 4.78 is 1.94. The Kier molecular flexibility index (Phi) is 5.41. The molecule has 0 bridgehead atoms. The number of hydrogen-bond acceptors (Lipinski definition) is 6. The molecular formula is C22H20ClN5O2S. The van der Waals surface area contributed by atoms with Gasteiger partial charge in [0.05, 0.1) is 22.9 Å². The molecule has 2 aliphatic heterocycles. The van der Waals surface area contributed by atoms with E-state index in [2.05, 4.69) is 20.4 Å². The third kappa shape index (κ3) is 3.93. The van der Waals surface area contributed by atoms with Crippen LogP contribution < -0.4 is 10.2 Å². The van der Waals surface area contributed by atoms with Gasteiger partial charge in [-0.25, -0.2) is 0 Å². The number of halogens is 1. The van der Waals surface area contributed by atoms with Crippen LogP contribution in [0.3, 0.4) is 0 Å².